The first-order valence-electron chi connectivity index (χ1n) is 13.5. The fourth-order valence-electron chi connectivity index (χ4n) is 7.58. The summed E-state index contributed by atoms with van der Waals surface area (Å²) in [7, 11) is 0. The third kappa shape index (κ3) is 4.87. The van der Waals surface area contributed by atoms with Gasteiger partial charge in [0.1, 0.15) is 0 Å². The highest BCUT2D eigenvalue weighted by Gasteiger charge is 2.51. The van der Waals surface area contributed by atoms with Gasteiger partial charge in [0.2, 0.25) is 11.7 Å². The molecule has 5 nitrogen and oxygen atoms in total. The Kier molecular flexibility index (Phi) is 6.84. The zero-order valence-electron chi connectivity index (χ0n) is 21.6. The van der Waals surface area contributed by atoms with Crippen LogP contribution in [0.4, 0.5) is 27.8 Å². The van der Waals surface area contributed by atoms with Gasteiger partial charge < -0.3 is 10.4 Å². The number of amides is 1. The molecular weight excluding hydrogens is 529 g/mol. The number of aliphatic hydroxyl groups excluding tert-OH is 1. The van der Waals surface area contributed by atoms with Gasteiger partial charge >= 0.3 is 0 Å². The van der Waals surface area contributed by atoms with Crippen LogP contribution in [0, 0.1) is 52.3 Å². The summed E-state index contributed by atoms with van der Waals surface area (Å²) in [5, 5.41) is 11.9. The van der Waals surface area contributed by atoms with Crippen LogP contribution in [0.5, 0.6) is 0 Å². The number of aromatic nitrogens is 2. The number of hydrogen-bond donors (Lipinski definition) is 2. The molecule has 10 heteroatoms. The summed E-state index contributed by atoms with van der Waals surface area (Å²) in [6, 6.07) is 7.17. The number of aliphatic hydroxyl groups is 1. The van der Waals surface area contributed by atoms with Crippen molar-refractivity contribution in [2.45, 2.75) is 58.0 Å². The van der Waals surface area contributed by atoms with Crippen molar-refractivity contribution in [2.24, 2.45) is 23.2 Å². The topological polar surface area (TPSA) is 75.1 Å². The van der Waals surface area contributed by atoms with Crippen molar-refractivity contribution >= 4 is 11.7 Å². The molecule has 0 spiro atoms. The molecular formula is C30H28F5N3O2. The first-order valence-corrected chi connectivity index (χ1v) is 13.5. The first kappa shape index (κ1) is 26.8. The minimum Gasteiger partial charge on any atom is -0.392 e. The zero-order chi connectivity index (χ0) is 28.2. The maximum atomic E-state index is 14.2. The number of nitrogens with zero attached hydrogens (tertiary/aromatic N) is 2. The van der Waals surface area contributed by atoms with E-state index in [1.165, 1.54) is 25.5 Å². The molecule has 4 saturated carbocycles. The predicted octanol–water partition coefficient (Wildman–Crippen LogP) is 6.27. The lowest BCUT2D eigenvalue weighted by molar-refractivity contribution is -0.115. The van der Waals surface area contributed by atoms with Crippen molar-refractivity contribution < 1.29 is 31.9 Å². The maximum Gasteiger partial charge on any atom is 0.230 e. The molecule has 7 rings (SSSR count). The van der Waals surface area contributed by atoms with Gasteiger partial charge in [-0.2, -0.15) is 0 Å². The molecule has 4 aliphatic carbocycles. The fraction of sp³-hybridized carbons (Fsp3) is 0.433. The number of carbonyl (C=O) groups is 1. The summed E-state index contributed by atoms with van der Waals surface area (Å²) in [6.45, 7) is -0.1000. The monoisotopic (exact) mass is 557 g/mol. The highest BCUT2D eigenvalue weighted by atomic mass is 19.2. The Morgan fingerprint density at radius 1 is 0.875 bits per heavy atom. The van der Waals surface area contributed by atoms with Crippen LogP contribution in [0.15, 0.2) is 30.5 Å². The molecule has 4 bridgehead atoms. The fourth-order valence-corrected chi connectivity index (χ4v) is 7.58. The molecule has 0 atom stereocenters. The lowest BCUT2D eigenvalue weighted by Crippen LogP contribution is -2.47. The minimum absolute atomic E-state index is 0.0176. The lowest BCUT2D eigenvalue weighted by atomic mass is 9.48. The third-order valence-corrected chi connectivity index (χ3v) is 8.88. The summed E-state index contributed by atoms with van der Waals surface area (Å²) in [5.74, 6) is -9.39. The maximum absolute atomic E-state index is 14.2. The van der Waals surface area contributed by atoms with Gasteiger partial charge in [-0.25, -0.2) is 31.9 Å². The Morgan fingerprint density at radius 3 is 1.98 bits per heavy atom. The van der Waals surface area contributed by atoms with Crippen LogP contribution in [0.25, 0.3) is 11.3 Å². The van der Waals surface area contributed by atoms with Crippen molar-refractivity contribution in [2.75, 3.05) is 5.32 Å². The number of rotatable bonds is 7. The molecule has 210 valence electrons. The Morgan fingerprint density at radius 2 is 1.43 bits per heavy atom. The predicted molar refractivity (Wildman–Crippen MR) is 136 cm³/mol. The standard InChI is InChI=1S/C30H28F5N3O2/c31-24-20(25(32)27(34)28(35)26(24)33)8-23(40)38-29-21(12-30-9-16-5-17(10-30)7-18(6-16)11-30)37-22(13-36-29)19-3-1-15(14-39)2-4-19/h1-4,13,16-18,39H,5-12,14H2,(H,36,38,40). The SMILES string of the molecule is O=C(Cc1c(F)c(F)c(F)c(F)c1F)Nc1ncc(-c2ccc(CO)cc2)nc1CC12CC3CC(CC(C3)C1)C2. The molecule has 1 heterocycles. The number of hydrogen-bond acceptors (Lipinski definition) is 4. The molecule has 1 aromatic heterocycles. The van der Waals surface area contributed by atoms with E-state index < -0.39 is 47.0 Å². The summed E-state index contributed by atoms with van der Waals surface area (Å²) >= 11 is 0. The molecule has 4 aliphatic rings. The molecule has 1 amide bonds. The molecule has 0 saturated heterocycles. The molecule has 4 fully saturated rings. The number of nitrogens with one attached hydrogen (secondary N) is 1. The summed E-state index contributed by atoms with van der Waals surface area (Å²) in [4.78, 5) is 22.1. The van der Waals surface area contributed by atoms with E-state index in [2.05, 4.69) is 10.3 Å². The van der Waals surface area contributed by atoms with Crippen LogP contribution >= 0.6 is 0 Å². The average molecular weight is 558 g/mol. The normalized spacial score (nSPS) is 24.9. The molecule has 40 heavy (non-hydrogen) atoms. The summed E-state index contributed by atoms with van der Waals surface area (Å²) in [5.41, 5.74) is 1.39. The van der Waals surface area contributed by atoms with Gasteiger partial charge in [-0.1, -0.05) is 24.3 Å². The van der Waals surface area contributed by atoms with Crippen molar-refractivity contribution in [1.82, 2.24) is 9.97 Å². The van der Waals surface area contributed by atoms with E-state index in [0.717, 1.165) is 30.4 Å². The van der Waals surface area contributed by atoms with E-state index in [-0.39, 0.29) is 17.8 Å². The lowest BCUT2D eigenvalue weighted by Gasteiger charge is -2.57. The molecule has 0 radical (unpaired) electrons. The molecule has 3 aromatic rings. The molecule has 2 N–H and O–H groups in total. The van der Waals surface area contributed by atoms with Crippen molar-refractivity contribution in [3.8, 4) is 11.3 Å². The second-order valence-electron chi connectivity index (χ2n) is 11.8. The Labute approximate surface area is 227 Å². The van der Waals surface area contributed by atoms with Gasteiger partial charge in [0.05, 0.1) is 30.6 Å². The van der Waals surface area contributed by atoms with Crippen molar-refractivity contribution in [3.05, 3.63) is 76.4 Å². The van der Waals surface area contributed by atoms with Crippen LogP contribution in [0.3, 0.4) is 0 Å². The van der Waals surface area contributed by atoms with Crippen LogP contribution in [-0.4, -0.2) is 21.0 Å². The van der Waals surface area contributed by atoms with Crippen molar-refractivity contribution in [3.63, 3.8) is 0 Å². The van der Waals surface area contributed by atoms with E-state index >= 15 is 0 Å². The van der Waals surface area contributed by atoms with Gasteiger partial charge in [0.15, 0.2) is 29.1 Å². The van der Waals surface area contributed by atoms with E-state index in [4.69, 9.17) is 4.98 Å². The second kappa shape index (κ2) is 10.2. The van der Waals surface area contributed by atoms with Crippen LogP contribution in [0.2, 0.25) is 0 Å². The largest absolute Gasteiger partial charge is 0.392 e. The van der Waals surface area contributed by atoms with Crippen molar-refractivity contribution in [1.29, 1.82) is 0 Å². The van der Waals surface area contributed by atoms with E-state index in [1.807, 2.05) is 12.1 Å². The number of halogens is 5. The van der Waals surface area contributed by atoms with Crippen LogP contribution in [0.1, 0.15) is 55.3 Å². The summed E-state index contributed by atoms with van der Waals surface area (Å²) in [6.07, 6.45) is 7.88. The van der Waals surface area contributed by atoms with E-state index in [0.29, 0.717) is 35.6 Å². The highest BCUT2D eigenvalue weighted by Crippen LogP contribution is 2.61. The average Bonchev–Trinajstić information content (AvgIpc) is 2.93. The molecule has 0 aliphatic heterocycles. The zero-order valence-corrected chi connectivity index (χ0v) is 21.6. The van der Waals surface area contributed by atoms with Gasteiger partial charge in [0.25, 0.3) is 0 Å². The molecule has 0 unspecified atom stereocenters. The van der Waals surface area contributed by atoms with Gasteiger partial charge in [0, 0.05) is 11.1 Å². The van der Waals surface area contributed by atoms with Crippen LogP contribution in [-0.2, 0) is 24.2 Å². The van der Waals surface area contributed by atoms with E-state index in [1.54, 1.807) is 12.1 Å². The number of benzene rings is 2. The summed E-state index contributed by atoms with van der Waals surface area (Å²) < 4.78 is 69.3. The molecule has 2 aromatic carbocycles. The second-order valence-corrected chi connectivity index (χ2v) is 11.8. The highest BCUT2D eigenvalue weighted by molar-refractivity contribution is 5.92. The number of anilines is 1. The van der Waals surface area contributed by atoms with Gasteiger partial charge in [-0.05, 0) is 73.7 Å². The van der Waals surface area contributed by atoms with E-state index in [9.17, 15) is 31.9 Å². The Bertz CT molecular complexity index is 1410. The Hall–Kier alpha value is -3.40. The first-order chi connectivity index (χ1) is 19.1. The quantitative estimate of drug-likeness (QED) is 0.204. The van der Waals surface area contributed by atoms with Gasteiger partial charge in [-0.3, -0.25) is 4.79 Å². The number of carbonyl (C=O) groups excluding carboxylic acids is 1. The minimum atomic E-state index is -2.27. The van der Waals surface area contributed by atoms with Gasteiger partial charge in [-0.15, -0.1) is 0 Å². The smallest absolute Gasteiger partial charge is 0.230 e. The Balaban J connectivity index is 1.32. The van der Waals surface area contributed by atoms with Crippen LogP contribution < -0.4 is 5.32 Å². The third-order valence-electron chi connectivity index (χ3n) is 8.88.